The molecule has 0 radical (unpaired) electrons. The van der Waals surface area contributed by atoms with E-state index in [0.717, 1.165) is 32.1 Å². The number of carbonyl (C=O) groups excluding carboxylic acids is 1. The van der Waals surface area contributed by atoms with E-state index in [1.165, 1.54) is 11.1 Å². The van der Waals surface area contributed by atoms with Crippen LogP contribution < -0.4 is 0 Å². The average molecular weight is 409 g/mol. The summed E-state index contributed by atoms with van der Waals surface area (Å²) < 4.78 is 0. The van der Waals surface area contributed by atoms with Gasteiger partial charge in [-0.25, -0.2) is 0 Å². The number of hydrogen-bond acceptors (Lipinski definition) is 2. The fraction of sp³-hybridized carbons (Fsp3) is 0.679. The minimum Gasteiger partial charge on any atom is -0.386 e. The van der Waals surface area contributed by atoms with Gasteiger partial charge >= 0.3 is 0 Å². The van der Waals surface area contributed by atoms with Crippen LogP contribution in [0.5, 0.6) is 0 Å². The van der Waals surface area contributed by atoms with Crippen LogP contribution in [0.4, 0.5) is 0 Å². The summed E-state index contributed by atoms with van der Waals surface area (Å²) in [6.07, 6.45) is 16.8. The normalized spacial score (nSPS) is 38.9. The van der Waals surface area contributed by atoms with E-state index in [9.17, 15) is 9.90 Å². The van der Waals surface area contributed by atoms with E-state index in [1.807, 2.05) is 13.0 Å². The van der Waals surface area contributed by atoms with Crippen molar-refractivity contribution < 1.29 is 9.90 Å². The predicted octanol–water partition coefficient (Wildman–Crippen LogP) is 6.57. The van der Waals surface area contributed by atoms with Crippen LogP contribution in [0.15, 0.2) is 47.1 Å². The van der Waals surface area contributed by atoms with Gasteiger partial charge in [0.1, 0.15) is 0 Å². The molecule has 0 aromatic rings. The Labute approximate surface area is 183 Å². The van der Waals surface area contributed by atoms with Crippen molar-refractivity contribution in [2.24, 2.45) is 34.5 Å². The number of aliphatic hydroxyl groups is 1. The zero-order valence-corrected chi connectivity index (χ0v) is 19.8. The molecule has 0 spiro atoms. The van der Waals surface area contributed by atoms with E-state index >= 15 is 0 Å². The van der Waals surface area contributed by atoms with E-state index in [4.69, 9.17) is 0 Å². The number of ketones is 1. The lowest BCUT2D eigenvalue weighted by molar-refractivity contribution is -0.116. The van der Waals surface area contributed by atoms with Crippen molar-refractivity contribution in [3.05, 3.63) is 47.1 Å². The summed E-state index contributed by atoms with van der Waals surface area (Å²) in [6.45, 7) is 13.5. The van der Waals surface area contributed by atoms with Crippen LogP contribution in [0.3, 0.4) is 0 Å². The molecule has 0 amide bonds. The first-order valence-corrected chi connectivity index (χ1v) is 12.1. The van der Waals surface area contributed by atoms with Crippen LogP contribution in [0, 0.1) is 34.5 Å². The van der Waals surface area contributed by atoms with Crippen LogP contribution in [0.25, 0.3) is 0 Å². The highest BCUT2D eigenvalue weighted by Crippen LogP contribution is 2.64. The molecule has 0 heterocycles. The minimum absolute atomic E-state index is 0.0626. The molecule has 2 nitrogen and oxygen atoms in total. The van der Waals surface area contributed by atoms with Crippen molar-refractivity contribution in [2.75, 3.05) is 0 Å². The van der Waals surface area contributed by atoms with Gasteiger partial charge in [-0.3, -0.25) is 4.79 Å². The minimum atomic E-state index is -0.780. The molecule has 1 N–H and O–H groups in total. The quantitative estimate of drug-likeness (QED) is 0.534. The van der Waals surface area contributed by atoms with Crippen molar-refractivity contribution in [3.8, 4) is 0 Å². The monoisotopic (exact) mass is 408 g/mol. The first kappa shape index (κ1) is 21.8. The van der Waals surface area contributed by atoms with Gasteiger partial charge < -0.3 is 5.11 Å². The molecular weight excluding hydrogens is 368 g/mol. The topological polar surface area (TPSA) is 37.3 Å². The Bertz CT molecular complexity index is 852. The molecule has 164 valence electrons. The molecule has 1 saturated carbocycles. The standard InChI is InChI=1S/C28H40O2/c1-18(2)19(3)11-16-28(6,30)25-10-9-23-22-8-7-20-17-21(29)12-14-26(20,4)24(22)13-15-27(23,25)5/h7-8,11,16-19,24-25,30H,9-10,12-15H2,1-6H3. The Morgan fingerprint density at radius 2 is 1.83 bits per heavy atom. The molecule has 0 aliphatic heterocycles. The van der Waals surface area contributed by atoms with Crippen LogP contribution in [-0.4, -0.2) is 16.5 Å². The molecular formula is C28H40O2. The average Bonchev–Trinajstić information content (AvgIpc) is 3.04. The zero-order chi connectivity index (χ0) is 21.9. The Morgan fingerprint density at radius 3 is 2.53 bits per heavy atom. The third-order valence-electron chi connectivity index (χ3n) is 9.39. The number of fused-ring (bicyclic) bond motifs is 4. The maximum absolute atomic E-state index is 12.0. The summed E-state index contributed by atoms with van der Waals surface area (Å²) >= 11 is 0. The number of rotatable bonds is 4. The summed E-state index contributed by atoms with van der Waals surface area (Å²) in [6, 6.07) is 0. The lowest BCUT2D eigenvalue weighted by Gasteiger charge is -2.51. The van der Waals surface area contributed by atoms with E-state index < -0.39 is 5.60 Å². The van der Waals surface area contributed by atoms with Crippen molar-refractivity contribution in [1.82, 2.24) is 0 Å². The van der Waals surface area contributed by atoms with E-state index in [1.54, 1.807) is 5.57 Å². The Hall–Kier alpha value is -1.41. The van der Waals surface area contributed by atoms with Gasteiger partial charge in [-0.15, -0.1) is 0 Å². The largest absolute Gasteiger partial charge is 0.386 e. The SMILES string of the molecule is CC(C)C(C)C=CC(C)(O)C1CCC2=C3C=CC4=CC(=O)CCC4(C)C3CCC21C. The lowest BCUT2D eigenvalue weighted by Crippen LogP contribution is -2.45. The number of carbonyl (C=O) groups is 1. The molecule has 0 saturated heterocycles. The van der Waals surface area contributed by atoms with E-state index in [-0.39, 0.29) is 22.5 Å². The van der Waals surface area contributed by atoms with Crippen LogP contribution in [-0.2, 0) is 4.79 Å². The molecule has 4 aliphatic carbocycles. The van der Waals surface area contributed by atoms with Crippen LogP contribution >= 0.6 is 0 Å². The van der Waals surface area contributed by atoms with Crippen molar-refractivity contribution in [2.45, 2.75) is 85.7 Å². The third kappa shape index (κ3) is 3.30. The molecule has 4 rings (SSSR count). The third-order valence-corrected chi connectivity index (χ3v) is 9.39. The highest BCUT2D eigenvalue weighted by Gasteiger charge is 2.55. The summed E-state index contributed by atoms with van der Waals surface area (Å²) in [4.78, 5) is 12.0. The van der Waals surface area contributed by atoms with Crippen molar-refractivity contribution in [3.63, 3.8) is 0 Å². The van der Waals surface area contributed by atoms with Crippen LogP contribution in [0.1, 0.15) is 80.1 Å². The van der Waals surface area contributed by atoms with E-state index in [0.29, 0.717) is 24.2 Å². The molecule has 30 heavy (non-hydrogen) atoms. The van der Waals surface area contributed by atoms with Gasteiger partial charge in [0.15, 0.2) is 5.78 Å². The smallest absolute Gasteiger partial charge is 0.156 e. The molecule has 2 heteroatoms. The van der Waals surface area contributed by atoms with Crippen LogP contribution in [0.2, 0.25) is 0 Å². The van der Waals surface area contributed by atoms with Gasteiger partial charge in [-0.1, -0.05) is 64.5 Å². The Morgan fingerprint density at radius 1 is 1.10 bits per heavy atom. The highest BCUT2D eigenvalue weighted by molar-refractivity contribution is 5.92. The zero-order valence-electron chi connectivity index (χ0n) is 19.8. The summed E-state index contributed by atoms with van der Waals surface area (Å²) in [5, 5.41) is 11.5. The number of hydrogen-bond donors (Lipinski definition) is 1. The summed E-state index contributed by atoms with van der Waals surface area (Å²) in [5.74, 6) is 2.12. The number of allylic oxidation sites excluding steroid dienone is 7. The summed E-state index contributed by atoms with van der Waals surface area (Å²) in [5.41, 5.74) is 3.73. The fourth-order valence-corrected chi connectivity index (χ4v) is 6.94. The van der Waals surface area contributed by atoms with E-state index in [2.05, 4.69) is 58.9 Å². The fourth-order valence-electron chi connectivity index (χ4n) is 6.94. The van der Waals surface area contributed by atoms with Gasteiger partial charge in [0.25, 0.3) is 0 Å². The van der Waals surface area contributed by atoms with Gasteiger partial charge in [0.2, 0.25) is 0 Å². The second kappa shape index (κ2) is 7.33. The maximum atomic E-state index is 12.0. The second-order valence-electron chi connectivity index (χ2n) is 11.5. The molecule has 4 aliphatic rings. The first-order valence-electron chi connectivity index (χ1n) is 12.1. The first-order chi connectivity index (χ1) is 14.0. The maximum Gasteiger partial charge on any atom is 0.156 e. The molecule has 6 unspecified atom stereocenters. The van der Waals surface area contributed by atoms with Gasteiger partial charge in [-0.2, -0.15) is 0 Å². The van der Waals surface area contributed by atoms with Crippen molar-refractivity contribution in [1.29, 1.82) is 0 Å². The Balaban J connectivity index is 1.69. The lowest BCUT2D eigenvalue weighted by atomic mass is 9.53. The predicted molar refractivity (Wildman–Crippen MR) is 124 cm³/mol. The Kier molecular flexibility index (Phi) is 5.33. The van der Waals surface area contributed by atoms with Crippen molar-refractivity contribution >= 4 is 5.78 Å². The molecule has 1 fully saturated rings. The second-order valence-corrected chi connectivity index (χ2v) is 11.5. The molecule has 6 atom stereocenters. The summed E-state index contributed by atoms with van der Waals surface area (Å²) in [7, 11) is 0. The highest BCUT2D eigenvalue weighted by atomic mass is 16.3. The van der Waals surface area contributed by atoms with Gasteiger partial charge in [-0.05, 0) is 84.8 Å². The van der Waals surface area contributed by atoms with Gasteiger partial charge in [0.05, 0.1) is 5.60 Å². The molecule has 0 aromatic heterocycles. The van der Waals surface area contributed by atoms with Gasteiger partial charge in [0, 0.05) is 12.3 Å². The molecule has 0 aromatic carbocycles. The molecule has 0 bridgehead atoms.